The zero-order chi connectivity index (χ0) is 23.3. The number of methoxy groups -OCH3 is 1. The van der Waals surface area contributed by atoms with Crippen molar-refractivity contribution in [3.05, 3.63) is 29.3 Å². The molecule has 1 amide bonds. The Morgan fingerprint density at radius 1 is 1.28 bits per heavy atom. The van der Waals surface area contributed by atoms with Crippen LogP contribution in [-0.2, 0) is 26.2 Å². The highest BCUT2D eigenvalue weighted by Crippen LogP contribution is 2.49. The monoisotopic (exact) mass is 444 g/mol. The Morgan fingerprint density at radius 2 is 2.03 bits per heavy atom. The number of phenols is 1. The molecule has 6 nitrogen and oxygen atoms in total. The summed E-state index contributed by atoms with van der Waals surface area (Å²) in [6.07, 6.45) is 6.68. The highest BCUT2D eigenvalue weighted by atomic mass is 16.5. The van der Waals surface area contributed by atoms with Gasteiger partial charge >= 0.3 is 5.97 Å². The maximum atomic E-state index is 12.3. The van der Waals surface area contributed by atoms with Crippen LogP contribution in [0.25, 0.3) is 0 Å². The molecule has 2 aliphatic rings. The Balaban J connectivity index is 1.78. The second-order valence-corrected chi connectivity index (χ2v) is 9.78. The summed E-state index contributed by atoms with van der Waals surface area (Å²) in [5.74, 6) is 1.02. The number of phenolic OH excluding ortho intramolecular Hbond substituents is 1. The van der Waals surface area contributed by atoms with Gasteiger partial charge in [-0.3, -0.25) is 9.59 Å². The Kier molecular flexibility index (Phi) is 8.21. The first kappa shape index (κ1) is 24.6. The zero-order valence-corrected chi connectivity index (χ0v) is 20.2. The Bertz CT molecular complexity index is 807. The maximum absolute atomic E-state index is 12.3. The molecule has 0 aromatic heterocycles. The number of aryl methyl sites for hydroxylation is 1. The lowest BCUT2D eigenvalue weighted by atomic mass is 9.60. The lowest BCUT2D eigenvalue weighted by Crippen LogP contribution is -2.54. The number of carbonyl (C=O) groups is 2. The minimum Gasteiger partial charge on any atom is -0.508 e. The van der Waals surface area contributed by atoms with Crippen LogP contribution < -0.4 is 5.32 Å². The normalized spacial score (nSPS) is 26.0. The van der Waals surface area contributed by atoms with E-state index >= 15 is 0 Å². The number of hydrogen-bond acceptors (Lipinski definition) is 5. The van der Waals surface area contributed by atoms with Gasteiger partial charge in [0.1, 0.15) is 12.3 Å². The molecule has 2 N–H and O–H groups in total. The lowest BCUT2D eigenvalue weighted by molar-refractivity contribution is -0.141. The second-order valence-electron chi connectivity index (χ2n) is 9.78. The van der Waals surface area contributed by atoms with Crippen LogP contribution in [0.3, 0.4) is 0 Å². The number of ether oxygens (including phenoxy) is 1. The van der Waals surface area contributed by atoms with E-state index in [1.54, 1.807) is 6.07 Å². The van der Waals surface area contributed by atoms with Gasteiger partial charge < -0.3 is 20.1 Å². The van der Waals surface area contributed by atoms with Gasteiger partial charge in [0, 0.05) is 24.4 Å². The van der Waals surface area contributed by atoms with Gasteiger partial charge in [-0.25, -0.2) is 0 Å². The summed E-state index contributed by atoms with van der Waals surface area (Å²) in [5, 5.41) is 13.0. The molecular weight excluding hydrogens is 404 g/mol. The Labute approximate surface area is 192 Å². The van der Waals surface area contributed by atoms with Crippen LogP contribution in [0, 0.1) is 11.8 Å². The topological polar surface area (TPSA) is 78.9 Å². The third-order valence-electron chi connectivity index (χ3n) is 7.90. The predicted octanol–water partition coefficient (Wildman–Crippen LogP) is 3.79. The predicted molar refractivity (Wildman–Crippen MR) is 126 cm³/mol. The molecule has 1 unspecified atom stereocenters. The van der Waals surface area contributed by atoms with E-state index in [0.29, 0.717) is 24.1 Å². The fourth-order valence-corrected chi connectivity index (χ4v) is 5.54. The molecule has 6 heteroatoms. The van der Waals surface area contributed by atoms with Gasteiger partial charge in [-0.05, 0) is 87.1 Å². The summed E-state index contributed by atoms with van der Waals surface area (Å²) in [6, 6.07) is 6.26. The van der Waals surface area contributed by atoms with Gasteiger partial charge in [-0.15, -0.1) is 0 Å². The average molecular weight is 445 g/mol. The van der Waals surface area contributed by atoms with Crippen molar-refractivity contribution in [2.45, 2.75) is 77.2 Å². The number of benzene rings is 1. The summed E-state index contributed by atoms with van der Waals surface area (Å²) in [5.41, 5.74) is 2.46. The average Bonchev–Trinajstić information content (AvgIpc) is 3.61. The second kappa shape index (κ2) is 10.7. The van der Waals surface area contributed by atoms with Gasteiger partial charge in [0.15, 0.2) is 0 Å². The van der Waals surface area contributed by atoms with Gasteiger partial charge in [0.05, 0.1) is 7.11 Å². The summed E-state index contributed by atoms with van der Waals surface area (Å²) in [6.45, 7) is 9.02. The van der Waals surface area contributed by atoms with E-state index in [4.69, 9.17) is 0 Å². The van der Waals surface area contributed by atoms with Crippen molar-refractivity contribution in [1.29, 1.82) is 0 Å². The lowest BCUT2D eigenvalue weighted by Gasteiger charge is -2.52. The van der Waals surface area contributed by atoms with Crippen LogP contribution in [0.5, 0.6) is 5.75 Å². The van der Waals surface area contributed by atoms with Crippen molar-refractivity contribution < 1.29 is 19.4 Å². The van der Waals surface area contributed by atoms with Crippen molar-refractivity contribution in [2.75, 3.05) is 26.7 Å². The molecular formula is C26H40N2O4. The van der Waals surface area contributed by atoms with E-state index in [9.17, 15) is 14.7 Å². The molecule has 1 aliphatic heterocycles. The van der Waals surface area contributed by atoms with Gasteiger partial charge in [-0.2, -0.15) is 0 Å². The zero-order valence-electron chi connectivity index (χ0n) is 20.2. The fourth-order valence-electron chi connectivity index (χ4n) is 5.54. The number of likely N-dealkylation sites (tertiary alicyclic amines) is 1. The molecule has 0 radical (unpaired) electrons. The molecule has 32 heavy (non-hydrogen) atoms. The van der Waals surface area contributed by atoms with Crippen LogP contribution in [0.4, 0.5) is 0 Å². The van der Waals surface area contributed by atoms with Gasteiger partial charge in [-0.1, -0.05) is 19.9 Å². The minimum atomic E-state index is -0.437. The highest BCUT2D eigenvalue weighted by Gasteiger charge is 2.46. The molecule has 1 aromatic rings. The van der Waals surface area contributed by atoms with Gasteiger partial charge in [0.25, 0.3) is 0 Å². The molecule has 1 heterocycles. The molecule has 0 spiro atoms. The molecule has 3 atom stereocenters. The Morgan fingerprint density at radius 3 is 2.69 bits per heavy atom. The molecule has 2 fully saturated rings. The van der Waals surface area contributed by atoms with E-state index in [2.05, 4.69) is 41.8 Å². The van der Waals surface area contributed by atoms with Gasteiger partial charge in [0.2, 0.25) is 5.91 Å². The first-order valence-corrected chi connectivity index (χ1v) is 12.2. The minimum absolute atomic E-state index is 0.0772. The number of amides is 1. The first-order valence-electron chi connectivity index (χ1n) is 12.2. The number of rotatable bonds is 10. The van der Waals surface area contributed by atoms with Crippen molar-refractivity contribution >= 4 is 11.9 Å². The van der Waals surface area contributed by atoms with E-state index in [1.165, 1.54) is 37.6 Å². The van der Waals surface area contributed by atoms with Crippen molar-refractivity contribution in [3.63, 3.8) is 0 Å². The molecule has 3 rings (SSSR count). The first-order chi connectivity index (χ1) is 15.3. The molecule has 0 bridgehead atoms. The Hall–Kier alpha value is -2.08. The SMILES string of the molecule is CCc1ccc(O)cc1[C@]1(CCCC(=O)NCC(=O)OC)CCN(CC2CC2)C(C)[C@@H]1C. The smallest absolute Gasteiger partial charge is 0.325 e. The number of hydrogen-bond donors (Lipinski definition) is 2. The largest absolute Gasteiger partial charge is 0.508 e. The summed E-state index contributed by atoms with van der Waals surface area (Å²) >= 11 is 0. The molecule has 1 saturated carbocycles. The molecule has 1 saturated heterocycles. The summed E-state index contributed by atoms with van der Waals surface area (Å²) < 4.78 is 4.60. The summed E-state index contributed by atoms with van der Waals surface area (Å²) in [7, 11) is 1.32. The van der Waals surface area contributed by atoms with Crippen LogP contribution >= 0.6 is 0 Å². The maximum Gasteiger partial charge on any atom is 0.325 e. The third-order valence-corrected chi connectivity index (χ3v) is 7.90. The van der Waals surface area contributed by atoms with Crippen molar-refractivity contribution in [3.8, 4) is 5.75 Å². The van der Waals surface area contributed by atoms with E-state index < -0.39 is 5.97 Å². The molecule has 178 valence electrons. The highest BCUT2D eigenvalue weighted by molar-refractivity contribution is 5.81. The van der Waals surface area contributed by atoms with Crippen LogP contribution in [0.15, 0.2) is 18.2 Å². The van der Waals surface area contributed by atoms with Crippen molar-refractivity contribution in [2.24, 2.45) is 11.8 Å². The fraction of sp³-hybridized carbons (Fsp3) is 0.692. The number of nitrogens with one attached hydrogen (secondary N) is 1. The van der Waals surface area contributed by atoms with Crippen LogP contribution in [0.2, 0.25) is 0 Å². The van der Waals surface area contributed by atoms with E-state index in [1.807, 2.05) is 6.07 Å². The molecule has 1 aliphatic carbocycles. The third kappa shape index (κ3) is 5.64. The number of carbonyl (C=O) groups excluding carboxylic acids is 2. The van der Waals surface area contributed by atoms with Crippen molar-refractivity contribution in [1.82, 2.24) is 10.2 Å². The number of piperidine rings is 1. The number of esters is 1. The summed E-state index contributed by atoms with van der Waals surface area (Å²) in [4.78, 5) is 26.2. The molecule has 1 aromatic carbocycles. The number of aromatic hydroxyl groups is 1. The number of nitrogens with zero attached hydrogens (tertiary/aromatic N) is 1. The van der Waals surface area contributed by atoms with Crippen LogP contribution in [-0.4, -0.2) is 54.7 Å². The van der Waals surface area contributed by atoms with Crippen LogP contribution in [0.1, 0.15) is 70.4 Å². The van der Waals surface area contributed by atoms with E-state index in [0.717, 1.165) is 38.1 Å². The standard InChI is InChI=1S/C26H40N2O4/c1-5-21-10-11-22(29)15-23(21)26(12-6-7-24(30)27-16-25(31)32-4)13-14-28(17-20-8-9-20)19(3)18(26)2/h10-11,15,18-20,29H,5-9,12-14,16-17H2,1-4H3,(H,27,30)/t18-,19?,26+/m0/s1. The quantitative estimate of drug-likeness (QED) is 0.537. The van der Waals surface area contributed by atoms with E-state index in [-0.39, 0.29) is 17.9 Å².